The van der Waals surface area contributed by atoms with Gasteiger partial charge in [0.2, 0.25) is 0 Å². The minimum atomic E-state index is -0.0706. The van der Waals surface area contributed by atoms with Gasteiger partial charge in [0.1, 0.15) is 0 Å². The molecule has 110 valence electrons. The summed E-state index contributed by atoms with van der Waals surface area (Å²) in [6.07, 6.45) is 5.56. The number of rotatable bonds is 2. The lowest BCUT2D eigenvalue weighted by Crippen LogP contribution is -2.21. The summed E-state index contributed by atoms with van der Waals surface area (Å²) in [4.78, 5) is 17.5. The summed E-state index contributed by atoms with van der Waals surface area (Å²) in [7, 11) is 1.73. The number of aromatic nitrogens is 5. The molecular formula is C16H15N5O. The van der Waals surface area contributed by atoms with E-state index in [-0.39, 0.29) is 11.5 Å². The lowest BCUT2D eigenvalue weighted by Gasteiger charge is -2.09. The summed E-state index contributed by atoms with van der Waals surface area (Å²) in [5.74, 6) is 0.907. The number of hydrogen-bond acceptors (Lipinski definition) is 4. The summed E-state index contributed by atoms with van der Waals surface area (Å²) < 4.78 is 1.55. The Morgan fingerprint density at radius 1 is 1.18 bits per heavy atom. The summed E-state index contributed by atoms with van der Waals surface area (Å²) in [5, 5.41) is 9.20. The van der Waals surface area contributed by atoms with E-state index in [0.717, 1.165) is 29.8 Å². The normalized spacial score (nSPS) is 16.7. The van der Waals surface area contributed by atoms with Crippen molar-refractivity contribution in [1.82, 2.24) is 24.5 Å². The maximum Gasteiger partial charge on any atom is 0.251 e. The van der Waals surface area contributed by atoms with Crippen molar-refractivity contribution in [2.45, 2.75) is 18.8 Å². The van der Waals surface area contributed by atoms with Crippen molar-refractivity contribution in [3.05, 3.63) is 70.0 Å². The van der Waals surface area contributed by atoms with Gasteiger partial charge >= 0.3 is 0 Å². The number of fused-ring (bicyclic) bond motifs is 1. The molecule has 0 saturated carbocycles. The third-order valence-corrected chi connectivity index (χ3v) is 4.16. The second-order valence-corrected chi connectivity index (χ2v) is 5.48. The van der Waals surface area contributed by atoms with E-state index < -0.39 is 0 Å². The van der Waals surface area contributed by atoms with Gasteiger partial charge in [-0.3, -0.25) is 14.3 Å². The highest BCUT2D eigenvalue weighted by Gasteiger charge is 2.29. The van der Waals surface area contributed by atoms with E-state index in [1.54, 1.807) is 28.7 Å². The SMILES string of the molecule is Cn1c(-n2nc3c(n2)C(c2cccnc2)CC3)cccc1=O. The van der Waals surface area contributed by atoms with Crippen LogP contribution in [-0.2, 0) is 13.5 Å². The lowest BCUT2D eigenvalue weighted by atomic mass is 9.99. The largest absolute Gasteiger partial charge is 0.295 e. The summed E-state index contributed by atoms with van der Waals surface area (Å²) in [6, 6.07) is 9.11. The molecule has 0 spiro atoms. The lowest BCUT2D eigenvalue weighted by molar-refractivity contribution is 0.630. The molecule has 22 heavy (non-hydrogen) atoms. The third-order valence-electron chi connectivity index (χ3n) is 4.16. The van der Waals surface area contributed by atoms with E-state index in [0.29, 0.717) is 5.82 Å². The zero-order valence-electron chi connectivity index (χ0n) is 12.2. The maximum atomic E-state index is 11.8. The molecule has 3 aromatic rings. The second-order valence-electron chi connectivity index (χ2n) is 5.48. The Morgan fingerprint density at radius 3 is 2.91 bits per heavy atom. The fraction of sp³-hybridized carbons (Fsp3) is 0.250. The molecule has 0 fully saturated rings. The van der Waals surface area contributed by atoms with Crippen molar-refractivity contribution in [3.63, 3.8) is 0 Å². The highest BCUT2D eigenvalue weighted by molar-refractivity contribution is 5.34. The number of hydrogen-bond donors (Lipinski definition) is 0. The molecule has 0 bridgehead atoms. The van der Waals surface area contributed by atoms with Crippen molar-refractivity contribution in [1.29, 1.82) is 0 Å². The van der Waals surface area contributed by atoms with E-state index in [1.165, 1.54) is 6.07 Å². The number of nitrogens with zero attached hydrogens (tertiary/aromatic N) is 5. The molecule has 0 amide bonds. The van der Waals surface area contributed by atoms with Crippen LogP contribution in [0.25, 0.3) is 5.82 Å². The molecule has 1 unspecified atom stereocenters. The Balaban J connectivity index is 1.79. The summed E-state index contributed by atoms with van der Waals surface area (Å²) >= 11 is 0. The Labute approximate surface area is 127 Å². The predicted octanol–water partition coefficient (Wildman–Crippen LogP) is 1.44. The molecular weight excluding hydrogens is 278 g/mol. The van der Waals surface area contributed by atoms with Crippen LogP contribution in [-0.4, -0.2) is 24.5 Å². The van der Waals surface area contributed by atoms with Crippen LogP contribution < -0.4 is 5.56 Å². The monoisotopic (exact) mass is 293 g/mol. The van der Waals surface area contributed by atoms with E-state index in [9.17, 15) is 4.79 Å². The summed E-state index contributed by atoms with van der Waals surface area (Å²) in [6.45, 7) is 0. The molecule has 0 aliphatic heterocycles. The van der Waals surface area contributed by atoms with E-state index >= 15 is 0 Å². The minimum absolute atomic E-state index is 0.0706. The van der Waals surface area contributed by atoms with Crippen LogP contribution in [0.15, 0.2) is 47.5 Å². The summed E-state index contributed by atoms with van der Waals surface area (Å²) in [5.41, 5.74) is 3.09. The molecule has 0 aromatic carbocycles. The van der Waals surface area contributed by atoms with Gasteiger partial charge in [-0.15, -0.1) is 4.80 Å². The van der Waals surface area contributed by atoms with Gasteiger partial charge in [0.25, 0.3) is 5.56 Å². The zero-order valence-corrected chi connectivity index (χ0v) is 12.2. The average Bonchev–Trinajstić information content (AvgIpc) is 3.11. The quantitative estimate of drug-likeness (QED) is 0.717. The van der Waals surface area contributed by atoms with Crippen molar-refractivity contribution < 1.29 is 0 Å². The second kappa shape index (κ2) is 4.91. The van der Waals surface area contributed by atoms with Crippen LogP contribution in [0.4, 0.5) is 0 Å². The van der Waals surface area contributed by atoms with Crippen molar-refractivity contribution in [3.8, 4) is 5.82 Å². The molecule has 3 heterocycles. The first-order valence-electron chi connectivity index (χ1n) is 7.26. The molecule has 0 N–H and O–H groups in total. The number of aryl methyl sites for hydroxylation is 1. The van der Waals surface area contributed by atoms with Gasteiger partial charge in [-0.25, -0.2) is 0 Å². The van der Waals surface area contributed by atoms with E-state index in [1.807, 2.05) is 18.3 Å². The topological polar surface area (TPSA) is 65.6 Å². The van der Waals surface area contributed by atoms with Gasteiger partial charge in [-0.05, 0) is 30.5 Å². The van der Waals surface area contributed by atoms with Gasteiger partial charge in [-0.1, -0.05) is 12.1 Å². The smallest absolute Gasteiger partial charge is 0.251 e. The molecule has 1 aliphatic carbocycles. The van der Waals surface area contributed by atoms with Crippen molar-refractivity contribution >= 4 is 0 Å². The Kier molecular flexibility index (Phi) is 2.89. The Morgan fingerprint density at radius 2 is 2.09 bits per heavy atom. The third kappa shape index (κ3) is 1.95. The molecule has 6 nitrogen and oxygen atoms in total. The Bertz CT molecular complexity index is 881. The van der Waals surface area contributed by atoms with Gasteiger partial charge < -0.3 is 0 Å². The fourth-order valence-electron chi connectivity index (χ4n) is 2.98. The van der Waals surface area contributed by atoms with Gasteiger partial charge in [0, 0.05) is 31.4 Å². The zero-order chi connectivity index (χ0) is 15.1. The van der Waals surface area contributed by atoms with Crippen LogP contribution in [0.5, 0.6) is 0 Å². The first kappa shape index (κ1) is 12.9. The van der Waals surface area contributed by atoms with Crippen LogP contribution in [0.3, 0.4) is 0 Å². The van der Waals surface area contributed by atoms with Gasteiger partial charge in [0.05, 0.1) is 11.4 Å². The van der Waals surface area contributed by atoms with Gasteiger partial charge in [0.15, 0.2) is 5.82 Å². The van der Waals surface area contributed by atoms with Crippen LogP contribution >= 0.6 is 0 Å². The minimum Gasteiger partial charge on any atom is -0.295 e. The van der Waals surface area contributed by atoms with E-state index in [4.69, 9.17) is 0 Å². The van der Waals surface area contributed by atoms with Crippen LogP contribution in [0.1, 0.15) is 29.3 Å². The predicted molar refractivity (Wildman–Crippen MR) is 81.0 cm³/mol. The van der Waals surface area contributed by atoms with Crippen molar-refractivity contribution in [2.75, 3.05) is 0 Å². The molecule has 6 heteroatoms. The number of pyridine rings is 2. The maximum absolute atomic E-state index is 11.8. The van der Waals surface area contributed by atoms with E-state index in [2.05, 4.69) is 21.2 Å². The van der Waals surface area contributed by atoms with Crippen molar-refractivity contribution in [2.24, 2.45) is 7.05 Å². The first-order valence-corrected chi connectivity index (χ1v) is 7.26. The first-order chi connectivity index (χ1) is 10.7. The average molecular weight is 293 g/mol. The molecule has 3 aromatic heterocycles. The molecule has 4 rings (SSSR count). The fourth-order valence-corrected chi connectivity index (χ4v) is 2.98. The highest BCUT2D eigenvalue weighted by Crippen LogP contribution is 2.35. The standard InChI is InChI=1S/C16H15N5O/c1-20-14(5-2-6-15(20)22)21-18-13-8-7-12(16(13)19-21)11-4-3-9-17-10-11/h2-6,9-10,12H,7-8H2,1H3. The van der Waals surface area contributed by atoms with Crippen LogP contribution in [0, 0.1) is 0 Å². The van der Waals surface area contributed by atoms with Crippen LogP contribution in [0.2, 0.25) is 0 Å². The Hall–Kier alpha value is -2.76. The molecule has 1 aliphatic rings. The molecule has 0 saturated heterocycles. The molecule has 0 radical (unpaired) electrons. The van der Waals surface area contributed by atoms with Gasteiger partial charge in [-0.2, -0.15) is 10.2 Å². The highest BCUT2D eigenvalue weighted by atomic mass is 16.1. The molecule has 1 atom stereocenters.